The molecule has 1 aromatic heterocycles. The number of nitrogens with zero attached hydrogens (tertiary/aromatic N) is 2. The summed E-state index contributed by atoms with van der Waals surface area (Å²) in [5, 5.41) is 5.96. The fourth-order valence-electron chi connectivity index (χ4n) is 2.99. The molecule has 0 bridgehead atoms. The number of hydrogen-bond donors (Lipinski definition) is 2. The molecule has 0 aliphatic heterocycles. The first-order chi connectivity index (χ1) is 12.1. The zero-order valence-electron chi connectivity index (χ0n) is 14.7. The monoisotopic (exact) mass is 340 g/mol. The SMILES string of the molecule is Cc1ccc(NC(=O)NC2CCC(Oc3ncccn3)CC2)cc1C. The first-order valence-corrected chi connectivity index (χ1v) is 8.68. The summed E-state index contributed by atoms with van der Waals surface area (Å²) >= 11 is 0. The van der Waals surface area contributed by atoms with E-state index in [2.05, 4.69) is 27.5 Å². The van der Waals surface area contributed by atoms with Crippen LogP contribution in [0.25, 0.3) is 0 Å². The molecule has 3 rings (SSSR count). The van der Waals surface area contributed by atoms with Gasteiger partial charge in [-0.1, -0.05) is 6.07 Å². The second-order valence-corrected chi connectivity index (χ2v) is 6.52. The number of urea groups is 1. The first-order valence-electron chi connectivity index (χ1n) is 8.68. The highest BCUT2D eigenvalue weighted by Crippen LogP contribution is 2.22. The summed E-state index contributed by atoms with van der Waals surface area (Å²) in [7, 11) is 0. The molecular weight excluding hydrogens is 316 g/mol. The van der Waals surface area contributed by atoms with Gasteiger partial charge in [0.25, 0.3) is 0 Å². The second kappa shape index (κ2) is 7.96. The number of anilines is 1. The number of amides is 2. The Labute approximate surface area is 148 Å². The maximum atomic E-state index is 12.2. The third kappa shape index (κ3) is 4.92. The minimum atomic E-state index is -0.154. The van der Waals surface area contributed by atoms with Gasteiger partial charge in [0.2, 0.25) is 0 Å². The van der Waals surface area contributed by atoms with E-state index in [-0.39, 0.29) is 18.2 Å². The quantitative estimate of drug-likeness (QED) is 0.891. The van der Waals surface area contributed by atoms with Gasteiger partial charge >= 0.3 is 12.0 Å². The number of nitrogens with one attached hydrogen (secondary N) is 2. The van der Waals surface area contributed by atoms with Crippen molar-refractivity contribution < 1.29 is 9.53 Å². The van der Waals surface area contributed by atoms with Gasteiger partial charge in [-0.25, -0.2) is 14.8 Å². The highest BCUT2D eigenvalue weighted by molar-refractivity contribution is 5.89. The molecule has 132 valence electrons. The highest BCUT2D eigenvalue weighted by atomic mass is 16.5. The van der Waals surface area contributed by atoms with E-state index in [1.807, 2.05) is 25.1 Å². The Morgan fingerprint density at radius 1 is 1.08 bits per heavy atom. The van der Waals surface area contributed by atoms with Gasteiger partial charge in [0, 0.05) is 24.1 Å². The molecule has 2 aromatic rings. The lowest BCUT2D eigenvalue weighted by molar-refractivity contribution is 0.129. The highest BCUT2D eigenvalue weighted by Gasteiger charge is 2.24. The average Bonchev–Trinajstić information content (AvgIpc) is 2.61. The van der Waals surface area contributed by atoms with Gasteiger partial charge in [0.15, 0.2) is 0 Å². The lowest BCUT2D eigenvalue weighted by atomic mass is 9.93. The van der Waals surface area contributed by atoms with E-state index in [4.69, 9.17) is 4.74 Å². The number of carbonyl (C=O) groups is 1. The van der Waals surface area contributed by atoms with Crippen LogP contribution in [0, 0.1) is 13.8 Å². The van der Waals surface area contributed by atoms with Gasteiger partial charge in [-0.2, -0.15) is 0 Å². The van der Waals surface area contributed by atoms with Gasteiger partial charge in [-0.3, -0.25) is 0 Å². The van der Waals surface area contributed by atoms with Crippen LogP contribution in [0.3, 0.4) is 0 Å². The Hall–Kier alpha value is -2.63. The van der Waals surface area contributed by atoms with Crippen LogP contribution >= 0.6 is 0 Å². The summed E-state index contributed by atoms with van der Waals surface area (Å²) in [6.07, 6.45) is 7.00. The Morgan fingerprint density at radius 3 is 2.48 bits per heavy atom. The lowest BCUT2D eigenvalue weighted by Gasteiger charge is -2.28. The van der Waals surface area contributed by atoms with Crippen molar-refractivity contribution in [2.45, 2.75) is 51.7 Å². The Morgan fingerprint density at radius 2 is 1.80 bits per heavy atom. The van der Waals surface area contributed by atoms with Crippen LogP contribution in [0.4, 0.5) is 10.5 Å². The molecule has 6 heteroatoms. The minimum Gasteiger partial charge on any atom is -0.460 e. The molecule has 0 unspecified atom stereocenters. The molecule has 1 heterocycles. The first kappa shape index (κ1) is 17.2. The number of aromatic nitrogens is 2. The second-order valence-electron chi connectivity index (χ2n) is 6.52. The molecule has 0 atom stereocenters. The normalized spacial score (nSPS) is 19.9. The molecule has 6 nitrogen and oxygen atoms in total. The molecule has 1 aliphatic rings. The topological polar surface area (TPSA) is 76.1 Å². The van der Waals surface area contributed by atoms with Crippen molar-refractivity contribution in [3.05, 3.63) is 47.8 Å². The van der Waals surface area contributed by atoms with Crippen molar-refractivity contribution in [2.24, 2.45) is 0 Å². The van der Waals surface area contributed by atoms with E-state index < -0.39 is 0 Å². The van der Waals surface area contributed by atoms with Crippen LogP contribution in [0.5, 0.6) is 6.01 Å². The maximum absolute atomic E-state index is 12.2. The molecule has 0 radical (unpaired) electrons. The minimum absolute atomic E-state index is 0.114. The maximum Gasteiger partial charge on any atom is 0.319 e. The van der Waals surface area contributed by atoms with Crippen LogP contribution < -0.4 is 15.4 Å². The van der Waals surface area contributed by atoms with Crippen molar-refractivity contribution in [1.29, 1.82) is 0 Å². The van der Waals surface area contributed by atoms with Crippen LogP contribution in [0.15, 0.2) is 36.7 Å². The van der Waals surface area contributed by atoms with Gasteiger partial charge < -0.3 is 15.4 Å². The van der Waals surface area contributed by atoms with E-state index in [9.17, 15) is 4.79 Å². The Kier molecular flexibility index (Phi) is 5.48. The predicted octanol–water partition coefficient (Wildman–Crippen LogP) is 3.61. The predicted molar refractivity (Wildman–Crippen MR) is 96.8 cm³/mol. The molecule has 25 heavy (non-hydrogen) atoms. The number of hydrogen-bond acceptors (Lipinski definition) is 4. The summed E-state index contributed by atoms with van der Waals surface area (Å²) in [6, 6.07) is 8.13. The van der Waals surface area contributed by atoms with Crippen LogP contribution in [-0.4, -0.2) is 28.1 Å². The van der Waals surface area contributed by atoms with Gasteiger partial charge in [-0.15, -0.1) is 0 Å². The van der Waals surface area contributed by atoms with E-state index in [0.29, 0.717) is 6.01 Å². The van der Waals surface area contributed by atoms with Crippen molar-refractivity contribution >= 4 is 11.7 Å². The van der Waals surface area contributed by atoms with Gasteiger partial charge in [-0.05, 0) is 68.9 Å². The van der Waals surface area contributed by atoms with Crippen molar-refractivity contribution in [3.63, 3.8) is 0 Å². The molecular formula is C19H24N4O2. The number of ether oxygens (including phenoxy) is 1. The zero-order valence-corrected chi connectivity index (χ0v) is 14.7. The molecule has 1 fully saturated rings. The van der Waals surface area contributed by atoms with Crippen molar-refractivity contribution in [2.75, 3.05) is 5.32 Å². The standard InChI is InChI=1S/C19H24N4O2/c1-13-4-5-16(12-14(13)2)23-18(24)22-15-6-8-17(9-7-15)25-19-20-10-3-11-21-19/h3-5,10-12,15,17H,6-9H2,1-2H3,(H2,22,23,24). The van der Waals surface area contributed by atoms with E-state index in [1.54, 1.807) is 18.5 Å². The number of benzene rings is 1. The van der Waals surface area contributed by atoms with E-state index in [1.165, 1.54) is 11.1 Å². The summed E-state index contributed by atoms with van der Waals surface area (Å²) in [5.74, 6) is 0. The third-order valence-corrected chi connectivity index (χ3v) is 4.59. The van der Waals surface area contributed by atoms with Gasteiger partial charge in [0.05, 0.1) is 0 Å². The molecule has 0 spiro atoms. The third-order valence-electron chi connectivity index (χ3n) is 4.59. The van der Waals surface area contributed by atoms with Crippen LogP contribution in [-0.2, 0) is 0 Å². The summed E-state index contributed by atoms with van der Waals surface area (Å²) in [6.45, 7) is 4.09. The number of carbonyl (C=O) groups excluding carboxylic acids is 1. The fourth-order valence-corrected chi connectivity index (χ4v) is 2.99. The van der Waals surface area contributed by atoms with Crippen LogP contribution in [0.1, 0.15) is 36.8 Å². The zero-order chi connectivity index (χ0) is 17.6. The largest absolute Gasteiger partial charge is 0.460 e. The molecule has 2 N–H and O–H groups in total. The molecule has 1 aromatic carbocycles. The lowest BCUT2D eigenvalue weighted by Crippen LogP contribution is -2.41. The average molecular weight is 340 g/mol. The number of aryl methyl sites for hydroxylation is 2. The van der Waals surface area contributed by atoms with Crippen LogP contribution in [0.2, 0.25) is 0 Å². The smallest absolute Gasteiger partial charge is 0.319 e. The Bertz CT molecular complexity index is 713. The van der Waals surface area contributed by atoms with Crippen molar-refractivity contribution in [3.8, 4) is 6.01 Å². The summed E-state index contributed by atoms with van der Waals surface area (Å²) in [4.78, 5) is 20.4. The van der Waals surface area contributed by atoms with Gasteiger partial charge in [0.1, 0.15) is 6.10 Å². The van der Waals surface area contributed by atoms with E-state index >= 15 is 0 Å². The van der Waals surface area contributed by atoms with E-state index in [0.717, 1.165) is 31.4 Å². The molecule has 1 aliphatic carbocycles. The molecule has 2 amide bonds. The van der Waals surface area contributed by atoms with Crippen molar-refractivity contribution in [1.82, 2.24) is 15.3 Å². The molecule has 0 saturated heterocycles. The summed E-state index contributed by atoms with van der Waals surface area (Å²) < 4.78 is 5.78. The Balaban J connectivity index is 1.43. The number of rotatable bonds is 4. The molecule has 1 saturated carbocycles. The summed E-state index contributed by atoms with van der Waals surface area (Å²) in [5.41, 5.74) is 3.20. The fraction of sp³-hybridized carbons (Fsp3) is 0.421.